The number of carbonyl (C=O) groups excluding carboxylic acids is 2. The first-order chi connectivity index (χ1) is 14.2. The van der Waals surface area contributed by atoms with Crippen molar-refractivity contribution in [2.45, 2.75) is 25.7 Å². The Labute approximate surface area is 170 Å². The van der Waals surface area contributed by atoms with Crippen LogP contribution < -0.4 is 5.32 Å². The monoisotopic (exact) mass is 417 g/mol. The summed E-state index contributed by atoms with van der Waals surface area (Å²) in [6.07, 6.45) is -2.25. The molecule has 6 nitrogen and oxygen atoms in total. The summed E-state index contributed by atoms with van der Waals surface area (Å²) in [4.78, 5) is 24.5. The van der Waals surface area contributed by atoms with Gasteiger partial charge in [-0.2, -0.15) is 18.3 Å². The molecule has 2 aromatic carbocycles. The fraction of sp³-hybridized carbons (Fsp3) is 0.190. The van der Waals surface area contributed by atoms with Crippen molar-refractivity contribution in [3.8, 4) is 0 Å². The molecule has 1 unspecified atom stereocenters. The zero-order valence-corrected chi connectivity index (χ0v) is 15.9. The highest BCUT2D eigenvalue weighted by Gasteiger charge is 2.30. The number of anilines is 1. The summed E-state index contributed by atoms with van der Waals surface area (Å²) in [5.74, 6) is -1.45. The van der Waals surface area contributed by atoms with Crippen LogP contribution in [0.2, 0.25) is 0 Å². The van der Waals surface area contributed by atoms with E-state index in [0.29, 0.717) is 6.54 Å². The molecule has 3 aromatic rings. The summed E-state index contributed by atoms with van der Waals surface area (Å²) < 4.78 is 45.2. The Morgan fingerprint density at radius 2 is 1.87 bits per heavy atom. The molecular weight excluding hydrogens is 399 g/mol. The van der Waals surface area contributed by atoms with Crippen molar-refractivity contribution in [3.63, 3.8) is 0 Å². The van der Waals surface area contributed by atoms with Gasteiger partial charge in [0.2, 0.25) is 0 Å². The van der Waals surface area contributed by atoms with Crippen LogP contribution in [0.1, 0.15) is 28.4 Å². The number of aromatic nitrogens is 2. The van der Waals surface area contributed by atoms with E-state index in [1.165, 1.54) is 19.1 Å². The van der Waals surface area contributed by atoms with Gasteiger partial charge in [-0.1, -0.05) is 18.2 Å². The van der Waals surface area contributed by atoms with E-state index in [2.05, 4.69) is 10.4 Å². The van der Waals surface area contributed by atoms with Crippen LogP contribution in [0.3, 0.4) is 0 Å². The van der Waals surface area contributed by atoms with Gasteiger partial charge in [0.15, 0.2) is 6.10 Å². The Kier molecular flexibility index (Phi) is 6.20. The van der Waals surface area contributed by atoms with E-state index in [1.807, 2.05) is 6.20 Å². The minimum absolute atomic E-state index is 0.0410. The highest BCUT2D eigenvalue weighted by Crippen LogP contribution is 2.30. The van der Waals surface area contributed by atoms with Crippen LogP contribution in [0, 0.1) is 0 Å². The van der Waals surface area contributed by atoms with Crippen molar-refractivity contribution in [1.29, 1.82) is 0 Å². The summed E-state index contributed by atoms with van der Waals surface area (Å²) in [6.45, 7) is 1.88. The first-order valence-electron chi connectivity index (χ1n) is 8.98. The van der Waals surface area contributed by atoms with Gasteiger partial charge in [0.1, 0.15) is 0 Å². The SMILES string of the molecule is CC(OC(=O)c1ccc(Cn2cccn2)cc1)C(=O)Nc1cccc(C(F)(F)F)c1. The van der Waals surface area contributed by atoms with E-state index in [4.69, 9.17) is 4.74 Å². The Hall–Kier alpha value is -3.62. The van der Waals surface area contributed by atoms with Gasteiger partial charge in [-0.05, 0) is 48.9 Å². The maximum atomic E-state index is 12.8. The largest absolute Gasteiger partial charge is 0.449 e. The highest BCUT2D eigenvalue weighted by molar-refractivity contribution is 5.97. The molecular formula is C21H18F3N3O3. The fourth-order valence-electron chi connectivity index (χ4n) is 2.63. The summed E-state index contributed by atoms with van der Waals surface area (Å²) in [5, 5.41) is 6.42. The Morgan fingerprint density at radius 3 is 2.50 bits per heavy atom. The molecule has 0 saturated carbocycles. The van der Waals surface area contributed by atoms with E-state index in [1.54, 1.807) is 41.2 Å². The molecule has 0 aliphatic rings. The minimum atomic E-state index is -4.53. The fourth-order valence-corrected chi connectivity index (χ4v) is 2.63. The Bertz CT molecular complexity index is 1020. The van der Waals surface area contributed by atoms with Crippen LogP contribution >= 0.6 is 0 Å². The topological polar surface area (TPSA) is 73.2 Å². The summed E-state index contributed by atoms with van der Waals surface area (Å²) in [5.41, 5.74) is 0.240. The summed E-state index contributed by atoms with van der Waals surface area (Å²) >= 11 is 0. The lowest BCUT2D eigenvalue weighted by atomic mass is 10.1. The zero-order chi connectivity index (χ0) is 21.7. The quantitative estimate of drug-likeness (QED) is 0.612. The third kappa shape index (κ3) is 5.47. The van der Waals surface area contributed by atoms with Crippen LogP contribution in [0.25, 0.3) is 0 Å². The van der Waals surface area contributed by atoms with Crippen molar-refractivity contribution in [3.05, 3.63) is 83.7 Å². The first kappa shape index (κ1) is 21.1. The van der Waals surface area contributed by atoms with Crippen LogP contribution in [0.4, 0.5) is 18.9 Å². The lowest BCUT2D eigenvalue weighted by Gasteiger charge is -2.15. The second-order valence-electron chi connectivity index (χ2n) is 6.52. The average Bonchev–Trinajstić information content (AvgIpc) is 3.21. The van der Waals surface area contributed by atoms with Gasteiger partial charge in [-0.15, -0.1) is 0 Å². The lowest BCUT2D eigenvalue weighted by molar-refractivity contribution is -0.137. The van der Waals surface area contributed by atoms with Gasteiger partial charge in [-0.25, -0.2) is 4.79 Å². The predicted octanol–water partition coefficient (Wildman–Crippen LogP) is 4.13. The van der Waals surface area contributed by atoms with E-state index < -0.39 is 29.7 Å². The van der Waals surface area contributed by atoms with Gasteiger partial charge < -0.3 is 10.1 Å². The van der Waals surface area contributed by atoms with Gasteiger partial charge >= 0.3 is 12.1 Å². The highest BCUT2D eigenvalue weighted by atomic mass is 19.4. The normalized spacial score (nSPS) is 12.3. The number of nitrogens with one attached hydrogen (secondary N) is 1. The zero-order valence-electron chi connectivity index (χ0n) is 15.9. The molecule has 1 aromatic heterocycles. The molecule has 9 heteroatoms. The van der Waals surface area contributed by atoms with E-state index in [-0.39, 0.29) is 11.3 Å². The molecule has 0 bridgehead atoms. The lowest BCUT2D eigenvalue weighted by Crippen LogP contribution is -2.30. The second-order valence-corrected chi connectivity index (χ2v) is 6.52. The minimum Gasteiger partial charge on any atom is -0.449 e. The van der Waals surface area contributed by atoms with Gasteiger partial charge in [0, 0.05) is 18.1 Å². The molecule has 0 aliphatic carbocycles. The number of benzene rings is 2. The first-order valence-corrected chi connectivity index (χ1v) is 8.98. The third-order valence-corrected chi connectivity index (χ3v) is 4.20. The van der Waals surface area contributed by atoms with Gasteiger partial charge in [0.25, 0.3) is 5.91 Å². The third-order valence-electron chi connectivity index (χ3n) is 4.20. The number of hydrogen-bond donors (Lipinski definition) is 1. The van der Waals surface area contributed by atoms with E-state index >= 15 is 0 Å². The molecule has 1 heterocycles. The van der Waals surface area contributed by atoms with Crippen LogP contribution in [-0.2, 0) is 22.3 Å². The van der Waals surface area contributed by atoms with E-state index in [9.17, 15) is 22.8 Å². The molecule has 30 heavy (non-hydrogen) atoms. The number of ether oxygens (including phenoxy) is 1. The van der Waals surface area contributed by atoms with Crippen LogP contribution in [-0.4, -0.2) is 27.8 Å². The smallest absolute Gasteiger partial charge is 0.416 e. The summed E-state index contributed by atoms with van der Waals surface area (Å²) in [7, 11) is 0. The molecule has 0 saturated heterocycles. The number of hydrogen-bond acceptors (Lipinski definition) is 4. The number of rotatable bonds is 6. The average molecular weight is 417 g/mol. The molecule has 0 fully saturated rings. The molecule has 3 rings (SSSR count). The molecule has 1 N–H and O–H groups in total. The molecule has 0 aliphatic heterocycles. The number of amides is 1. The Morgan fingerprint density at radius 1 is 1.13 bits per heavy atom. The molecule has 1 atom stereocenters. The molecule has 0 radical (unpaired) electrons. The molecule has 1 amide bonds. The van der Waals surface area contributed by atoms with Crippen molar-refractivity contribution in [2.75, 3.05) is 5.32 Å². The number of carbonyl (C=O) groups is 2. The van der Waals surface area contributed by atoms with Crippen LogP contribution in [0.15, 0.2) is 67.0 Å². The standard InChI is InChI=1S/C21H18F3N3O3/c1-14(19(28)26-18-5-2-4-17(12-18)21(22,23)24)30-20(29)16-8-6-15(7-9-16)13-27-11-3-10-25-27/h2-12,14H,13H2,1H3,(H,26,28). The van der Waals surface area contributed by atoms with Crippen molar-refractivity contribution in [1.82, 2.24) is 9.78 Å². The predicted molar refractivity (Wildman–Crippen MR) is 103 cm³/mol. The molecule has 156 valence electrons. The van der Waals surface area contributed by atoms with Gasteiger partial charge in [0.05, 0.1) is 17.7 Å². The van der Waals surface area contributed by atoms with Crippen molar-refractivity contribution in [2.24, 2.45) is 0 Å². The second kappa shape index (κ2) is 8.81. The number of halogens is 3. The maximum Gasteiger partial charge on any atom is 0.416 e. The number of alkyl halides is 3. The summed E-state index contributed by atoms with van der Waals surface area (Å²) in [6, 6.07) is 12.6. The van der Waals surface area contributed by atoms with Gasteiger partial charge in [-0.3, -0.25) is 9.48 Å². The van der Waals surface area contributed by atoms with E-state index in [0.717, 1.165) is 17.7 Å². The maximum absolute atomic E-state index is 12.8. The van der Waals surface area contributed by atoms with Crippen molar-refractivity contribution < 1.29 is 27.5 Å². The molecule has 0 spiro atoms. The van der Waals surface area contributed by atoms with Crippen LogP contribution in [0.5, 0.6) is 0 Å². The number of esters is 1. The van der Waals surface area contributed by atoms with Crippen molar-refractivity contribution >= 4 is 17.6 Å². The number of nitrogens with zero attached hydrogens (tertiary/aromatic N) is 2. The Balaban J connectivity index is 1.57.